The molecule has 0 saturated carbocycles. The minimum absolute atomic E-state index is 0.0258. The first-order valence-corrected chi connectivity index (χ1v) is 12.5. The molecule has 0 amide bonds. The van der Waals surface area contributed by atoms with Gasteiger partial charge in [0.2, 0.25) is 4.74 Å². The summed E-state index contributed by atoms with van der Waals surface area (Å²) in [5.74, 6) is 1.73. The molecule has 2 aromatic rings. The summed E-state index contributed by atoms with van der Waals surface area (Å²) in [5.41, 5.74) is -0.602. The fraction of sp³-hybridized carbons (Fsp3) is 0.625. The maximum absolute atomic E-state index is 13.1. The second-order valence-corrected chi connectivity index (χ2v) is 11.5. The highest BCUT2D eigenvalue weighted by molar-refractivity contribution is 7.99. The van der Waals surface area contributed by atoms with Crippen molar-refractivity contribution in [2.24, 2.45) is 11.3 Å². The fourth-order valence-electron chi connectivity index (χ4n) is 3.63. The van der Waals surface area contributed by atoms with Gasteiger partial charge in [0.05, 0.1) is 0 Å². The van der Waals surface area contributed by atoms with Crippen molar-refractivity contribution in [1.29, 1.82) is 0 Å². The molecule has 0 N–H and O–H groups in total. The first kappa shape index (κ1) is 25.3. The summed E-state index contributed by atoms with van der Waals surface area (Å²) in [5, 5.41) is 0.514. The van der Waals surface area contributed by atoms with Crippen LogP contribution >= 0.6 is 23.1 Å². The lowest BCUT2D eigenvalue weighted by atomic mass is 9.81. The number of hydrogen-bond donors (Lipinski definition) is 0. The molecule has 1 heterocycles. The summed E-state index contributed by atoms with van der Waals surface area (Å²) < 4.78 is 39.1. The standard InChI is InChI=1S/C24H33F3OS2/c1-16(2)11-13-23(4,5)12-7-6-8-14-29-18-9-10-19-17(3)21(24(25,26)27)22(28)30-20(19)15-18/h9-10,15-16H,6-8,11-14H2,1-5H3. The predicted molar refractivity (Wildman–Crippen MR) is 125 cm³/mol. The molecule has 0 aliphatic carbocycles. The van der Waals surface area contributed by atoms with Crippen molar-refractivity contribution < 1.29 is 13.2 Å². The summed E-state index contributed by atoms with van der Waals surface area (Å²) in [6.45, 7) is 10.6. The molecule has 168 valence electrons. The molecule has 0 spiro atoms. The first-order chi connectivity index (χ1) is 13.9. The van der Waals surface area contributed by atoms with Crippen molar-refractivity contribution in [2.75, 3.05) is 5.75 Å². The number of aryl methyl sites for hydroxylation is 1. The van der Waals surface area contributed by atoms with Gasteiger partial charge in [-0.05, 0) is 66.4 Å². The van der Waals surface area contributed by atoms with E-state index in [2.05, 4.69) is 27.7 Å². The molecule has 0 fully saturated rings. The average Bonchev–Trinajstić information content (AvgIpc) is 2.61. The van der Waals surface area contributed by atoms with Crippen LogP contribution in [0.1, 0.15) is 77.3 Å². The van der Waals surface area contributed by atoms with Crippen LogP contribution in [0, 0.1) is 18.3 Å². The van der Waals surface area contributed by atoms with Crippen LogP contribution in [0.3, 0.4) is 0 Å². The highest BCUT2D eigenvalue weighted by Gasteiger charge is 2.36. The number of unbranched alkanes of at least 4 members (excludes halogenated alkanes) is 2. The maximum atomic E-state index is 13.1. The predicted octanol–water partition coefficient (Wildman–Crippen LogP) is 8.70. The summed E-state index contributed by atoms with van der Waals surface area (Å²) in [6, 6.07) is 5.44. The Labute approximate surface area is 186 Å². The molecule has 0 atom stereocenters. The van der Waals surface area contributed by atoms with E-state index in [1.165, 1.54) is 39.0 Å². The quantitative estimate of drug-likeness (QED) is 0.262. The zero-order chi connectivity index (χ0) is 22.5. The summed E-state index contributed by atoms with van der Waals surface area (Å²) >= 11 is 2.40. The Hall–Kier alpha value is -1.01. The highest BCUT2D eigenvalue weighted by Crippen LogP contribution is 2.35. The minimum atomic E-state index is -4.61. The Morgan fingerprint density at radius 1 is 1.07 bits per heavy atom. The van der Waals surface area contributed by atoms with Gasteiger partial charge in [-0.2, -0.15) is 13.2 Å². The van der Waals surface area contributed by atoms with Gasteiger partial charge in [0.1, 0.15) is 5.56 Å². The van der Waals surface area contributed by atoms with Gasteiger partial charge in [-0.3, -0.25) is 4.79 Å². The van der Waals surface area contributed by atoms with E-state index in [-0.39, 0.29) is 5.56 Å². The lowest BCUT2D eigenvalue weighted by molar-refractivity contribution is -0.138. The molecule has 0 bridgehead atoms. The number of fused-ring (bicyclic) bond motifs is 1. The summed E-state index contributed by atoms with van der Waals surface area (Å²) in [7, 11) is 0. The van der Waals surface area contributed by atoms with Gasteiger partial charge < -0.3 is 0 Å². The van der Waals surface area contributed by atoms with Crippen LogP contribution in [0.15, 0.2) is 27.9 Å². The Kier molecular flexibility index (Phi) is 8.87. The largest absolute Gasteiger partial charge is 0.421 e. The summed E-state index contributed by atoms with van der Waals surface area (Å²) in [6.07, 6.45) is 2.72. The Balaban J connectivity index is 1.88. The lowest BCUT2D eigenvalue weighted by Crippen LogP contribution is -2.18. The van der Waals surface area contributed by atoms with E-state index >= 15 is 0 Å². The third-order valence-electron chi connectivity index (χ3n) is 5.59. The van der Waals surface area contributed by atoms with Crippen molar-refractivity contribution >= 4 is 33.2 Å². The van der Waals surface area contributed by atoms with Gasteiger partial charge in [-0.25, -0.2) is 0 Å². The van der Waals surface area contributed by atoms with Gasteiger partial charge in [0.15, 0.2) is 0 Å². The first-order valence-electron chi connectivity index (χ1n) is 10.7. The van der Waals surface area contributed by atoms with Crippen LogP contribution in [0.25, 0.3) is 10.1 Å². The van der Waals surface area contributed by atoms with Crippen LogP contribution < -0.4 is 4.74 Å². The van der Waals surface area contributed by atoms with Crippen LogP contribution in [-0.4, -0.2) is 5.75 Å². The molecule has 1 aromatic heterocycles. The van der Waals surface area contributed by atoms with E-state index in [4.69, 9.17) is 0 Å². The molecule has 0 aliphatic heterocycles. The van der Waals surface area contributed by atoms with Gasteiger partial charge >= 0.3 is 6.18 Å². The smallest absolute Gasteiger partial charge is 0.277 e. The van der Waals surface area contributed by atoms with E-state index in [0.717, 1.165) is 23.0 Å². The molecule has 0 aliphatic rings. The number of thioether (sulfide) groups is 1. The minimum Gasteiger partial charge on any atom is -0.277 e. The molecule has 0 radical (unpaired) electrons. The van der Waals surface area contributed by atoms with Crippen LogP contribution in [0.2, 0.25) is 0 Å². The highest BCUT2D eigenvalue weighted by atomic mass is 32.2. The molecule has 1 nitrogen and oxygen atoms in total. The number of rotatable bonds is 10. The van der Waals surface area contributed by atoms with Gasteiger partial charge in [-0.15, -0.1) is 11.8 Å². The Bertz CT molecular complexity index is 898. The van der Waals surface area contributed by atoms with E-state index in [1.807, 2.05) is 12.1 Å². The van der Waals surface area contributed by atoms with E-state index < -0.39 is 16.5 Å². The monoisotopic (exact) mass is 458 g/mol. The van der Waals surface area contributed by atoms with Crippen molar-refractivity contribution in [2.45, 2.75) is 84.2 Å². The zero-order valence-corrected chi connectivity index (χ0v) is 20.3. The Morgan fingerprint density at radius 3 is 2.40 bits per heavy atom. The van der Waals surface area contributed by atoms with E-state index in [9.17, 15) is 18.0 Å². The molecule has 0 saturated heterocycles. The van der Waals surface area contributed by atoms with Gasteiger partial charge in [0.25, 0.3) is 0 Å². The van der Waals surface area contributed by atoms with Crippen molar-refractivity contribution in [1.82, 2.24) is 0 Å². The van der Waals surface area contributed by atoms with Crippen molar-refractivity contribution in [3.05, 3.63) is 38.9 Å². The van der Waals surface area contributed by atoms with Crippen molar-refractivity contribution in [3.8, 4) is 0 Å². The fourth-order valence-corrected chi connectivity index (χ4v) is 5.74. The zero-order valence-electron chi connectivity index (χ0n) is 18.6. The molecule has 30 heavy (non-hydrogen) atoms. The number of benzene rings is 1. The number of halogens is 3. The van der Waals surface area contributed by atoms with Crippen LogP contribution in [0.5, 0.6) is 0 Å². The Morgan fingerprint density at radius 2 is 1.77 bits per heavy atom. The molecule has 0 unspecified atom stereocenters. The van der Waals surface area contributed by atoms with Crippen molar-refractivity contribution in [3.63, 3.8) is 0 Å². The lowest BCUT2D eigenvalue weighted by Gasteiger charge is -2.25. The van der Waals surface area contributed by atoms with Crippen LogP contribution in [-0.2, 0) is 6.18 Å². The maximum Gasteiger partial charge on any atom is 0.421 e. The topological polar surface area (TPSA) is 17.1 Å². The number of hydrogen-bond acceptors (Lipinski definition) is 3. The normalized spacial score (nSPS) is 12.8. The van der Waals surface area contributed by atoms with Gasteiger partial charge in [0, 0.05) is 9.60 Å². The third-order valence-corrected chi connectivity index (χ3v) is 7.61. The van der Waals surface area contributed by atoms with E-state index in [0.29, 0.717) is 26.8 Å². The second kappa shape index (κ2) is 10.5. The van der Waals surface area contributed by atoms with E-state index in [1.54, 1.807) is 17.8 Å². The molecule has 1 aromatic carbocycles. The number of alkyl halides is 3. The average molecular weight is 459 g/mol. The van der Waals surface area contributed by atoms with Gasteiger partial charge in [-0.1, -0.05) is 64.4 Å². The molecular weight excluding hydrogens is 425 g/mol. The SMILES string of the molecule is Cc1c(C(F)(F)F)c(=O)sc2cc(SCCCCCC(C)(C)CCC(C)C)ccc12. The molecular formula is C24H33F3OS2. The molecule has 6 heteroatoms. The summed E-state index contributed by atoms with van der Waals surface area (Å²) in [4.78, 5) is 13.0. The third kappa shape index (κ3) is 7.30. The second-order valence-electron chi connectivity index (χ2n) is 9.30. The molecule has 2 rings (SSSR count). The van der Waals surface area contributed by atoms with Crippen LogP contribution in [0.4, 0.5) is 13.2 Å².